The summed E-state index contributed by atoms with van der Waals surface area (Å²) in [6.45, 7) is 14.1. The first-order chi connectivity index (χ1) is 16.9. The lowest BCUT2D eigenvalue weighted by molar-refractivity contribution is 0.425. The predicted octanol–water partition coefficient (Wildman–Crippen LogP) is 6.66. The Morgan fingerprint density at radius 2 is 1.03 bits per heavy atom. The standard InChI is InChI=1S/C14H14ClN.C9H13BO2.C6H6ClN/c1-9-6-10(2)14(11(3)7-9)12-4-5-13(15)16-8-12;1-6-4-7(2)9(10(11)12)8(3)5-6;1-5-2-3-6(7)8-4-5/h4-8H,1-3H3;4-5,11-12H,1-3H3;2-4H,1H3. The van der Waals surface area contributed by atoms with Crippen molar-refractivity contribution in [1.29, 1.82) is 0 Å². The SMILES string of the molecule is Cc1cc(C)c(-c2ccc(Cl)nc2)c(C)c1.Cc1cc(C)c(B(O)O)c(C)c1.Cc1ccc(Cl)nc1. The van der Waals surface area contributed by atoms with Crippen LogP contribution in [0.25, 0.3) is 11.1 Å². The molecule has 7 heteroatoms. The van der Waals surface area contributed by atoms with Crippen molar-refractivity contribution in [1.82, 2.24) is 9.97 Å². The van der Waals surface area contributed by atoms with E-state index in [1.807, 2.05) is 64.2 Å². The summed E-state index contributed by atoms with van der Waals surface area (Å²) in [6.07, 6.45) is 3.56. The molecule has 0 saturated heterocycles. The molecule has 0 atom stereocenters. The fourth-order valence-corrected chi connectivity index (χ4v) is 4.43. The van der Waals surface area contributed by atoms with E-state index in [0.717, 1.165) is 27.8 Å². The summed E-state index contributed by atoms with van der Waals surface area (Å²) in [5.74, 6) is 0. The molecule has 4 aromatic rings. The number of nitrogens with zero attached hydrogens (tertiary/aromatic N) is 2. The fraction of sp³-hybridized carbons (Fsp3) is 0.241. The van der Waals surface area contributed by atoms with Crippen LogP contribution in [0.1, 0.15) is 38.9 Å². The Kier molecular flexibility index (Phi) is 11.1. The van der Waals surface area contributed by atoms with Gasteiger partial charge in [-0.15, -0.1) is 0 Å². The van der Waals surface area contributed by atoms with Crippen LogP contribution < -0.4 is 5.46 Å². The maximum absolute atomic E-state index is 9.03. The number of rotatable bonds is 2. The van der Waals surface area contributed by atoms with Crippen molar-refractivity contribution < 1.29 is 10.0 Å². The van der Waals surface area contributed by atoms with Crippen molar-refractivity contribution in [2.24, 2.45) is 0 Å². The van der Waals surface area contributed by atoms with Crippen molar-refractivity contribution in [3.05, 3.63) is 110 Å². The van der Waals surface area contributed by atoms with Crippen molar-refractivity contribution in [2.75, 3.05) is 0 Å². The summed E-state index contributed by atoms with van der Waals surface area (Å²) < 4.78 is 0. The van der Waals surface area contributed by atoms with Crippen molar-refractivity contribution in [2.45, 2.75) is 48.5 Å². The summed E-state index contributed by atoms with van der Waals surface area (Å²) in [4.78, 5) is 7.97. The molecule has 0 fully saturated rings. The third kappa shape index (κ3) is 8.75. The van der Waals surface area contributed by atoms with E-state index in [2.05, 4.69) is 42.9 Å². The number of hydrogen-bond acceptors (Lipinski definition) is 4. The molecule has 0 radical (unpaired) electrons. The van der Waals surface area contributed by atoms with Crippen molar-refractivity contribution in [3.63, 3.8) is 0 Å². The molecule has 36 heavy (non-hydrogen) atoms. The normalized spacial score (nSPS) is 10.1. The van der Waals surface area contributed by atoms with Gasteiger partial charge in [0, 0.05) is 18.0 Å². The van der Waals surface area contributed by atoms with Gasteiger partial charge in [-0.3, -0.25) is 0 Å². The molecule has 4 rings (SSSR count). The molecule has 2 heterocycles. The monoisotopic (exact) mass is 522 g/mol. The first-order valence-electron chi connectivity index (χ1n) is 11.6. The van der Waals surface area contributed by atoms with Crippen LogP contribution in [0.4, 0.5) is 0 Å². The molecule has 0 aliphatic rings. The van der Waals surface area contributed by atoms with E-state index in [9.17, 15) is 0 Å². The smallest absolute Gasteiger partial charge is 0.423 e. The van der Waals surface area contributed by atoms with E-state index in [1.165, 1.54) is 22.3 Å². The quantitative estimate of drug-likeness (QED) is 0.228. The average Bonchev–Trinajstić information content (AvgIpc) is 2.76. The zero-order chi connectivity index (χ0) is 27.0. The van der Waals surface area contributed by atoms with E-state index in [-0.39, 0.29) is 0 Å². The van der Waals surface area contributed by atoms with Gasteiger partial charge >= 0.3 is 7.12 Å². The van der Waals surface area contributed by atoms with Gasteiger partial charge in [-0.25, -0.2) is 9.97 Å². The van der Waals surface area contributed by atoms with Crippen LogP contribution in [0.3, 0.4) is 0 Å². The first kappa shape index (κ1) is 29.5. The van der Waals surface area contributed by atoms with Crippen LogP contribution in [-0.4, -0.2) is 27.1 Å². The second-order valence-electron chi connectivity index (χ2n) is 8.99. The number of halogens is 2. The number of hydrogen-bond donors (Lipinski definition) is 2. The first-order valence-corrected chi connectivity index (χ1v) is 12.4. The van der Waals surface area contributed by atoms with E-state index in [0.29, 0.717) is 15.8 Å². The third-order valence-electron chi connectivity index (χ3n) is 5.56. The van der Waals surface area contributed by atoms with Gasteiger partial charge in [0.25, 0.3) is 0 Å². The zero-order valence-corrected chi connectivity index (χ0v) is 23.4. The highest BCUT2D eigenvalue weighted by Gasteiger charge is 2.16. The van der Waals surface area contributed by atoms with Gasteiger partial charge in [0.2, 0.25) is 0 Å². The molecule has 0 bridgehead atoms. The molecule has 0 aliphatic carbocycles. The lowest BCUT2D eigenvalue weighted by Gasteiger charge is -2.11. The van der Waals surface area contributed by atoms with E-state index in [1.54, 1.807) is 12.3 Å². The van der Waals surface area contributed by atoms with Crippen LogP contribution in [0.2, 0.25) is 10.3 Å². The maximum atomic E-state index is 9.03. The molecule has 0 aliphatic heterocycles. The lowest BCUT2D eigenvalue weighted by Crippen LogP contribution is -2.34. The van der Waals surface area contributed by atoms with E-state index >= 15 is 0 Å². The number of aromatic nitrogens is 2. The molecule has 188 valence electrons. The largest absolute Gasteiger partial charge is 0.488 e. The summed E-state index contributed by atoms with van der Waals surface area (Å²) in [5, 5.41) is 19.1. The minimum atomic E-state index is -1.36. The summed E-state index contributed by atoms with van der Waals surface area (Å²) >= 11 is 11.3. The molecule has 2 aromatic heterocycles. The highest BCUT2D eigenvalue weighted by molar-refractivity contribution is 6.59. The molecule has 4 nitrogen and oxygen atoms in total. The molecule has 0 unspecified atom stereocenters. The third-order valence-corrected chi connectivity index (χ3v) is 6.01. The Morgan fingerprint density at radius 1 is 0.583 bits per heavy atom. The highest BCUT2D eigenvalue weighted by Crippen LogP contribution is 2.28. The van der Waals surface area contributed by atoms with Crippen molar-refractivity contribution in [3.8, 4) is 11.1 Å². The summed E-state index contributed by atoms with van der Waals surface area (Å²) in [7, 11) is -1.36. The predicted molar refractivity (Wildman–Crippen MR) is 153 cm³/mol. The van der Waals surface area contributed by atoms with Crippen LogP contribution in [0, 0.1) is 48.5 Å². The maximum Gasteiger partial charge on any atom is 0.488 e. The van der Waals surface area contributed by atoms with Gasteiger partial charge in [-0.05, 0) is 94.4 Å². The zero-order valence-electron chi connectivity index (χ0n) is 21.9. The van der Waals surface area contributed by atoms with Crippen LogP contribution in [-0.2, 0) is 0 Å². The lowest BCUT2D eigenvalue weighted by atomic mass is 9.74. The minimum absolute atomic E-state index is 0.533. The van der Waals surface area contributed by atoms with Gasteiger partial charge in [-0.1, -0.05) is 75.8 Å². The Balaban J connectivity index is 0.000000202. The van der Waals surface area contributed by atoms with Gasteiger partial charge in [0.1, 0.15) is 10.3 Å². The van der Waals surface area contributed by atoms with Gasteiger partial charge in [-0.2, -0.15) is 0 Å². The number of aryl methyl sites for hydroxylation is 7. The second kappa shape index (κ2) is 13.6. The molecule has 2 aromatic carbocycles. The number of pyridine rings is 2. The topological polar surface area (TPSA) is 66.2 Å². The fourth-order valence-electron chi connectivity index (χ4n) is 4.21. The van der Waals surface area contributed by atoms with Crippen molar-refractivity contribution >= 4 is 35.8 Å². The Hall–Kier alpha value is -2.70. The van der Waals surface area contributed by atoms with E-state index in [4.69, 9.17) is 33.2 Å². The Labute approximate surface area is 225 Å². The Bertz CT molecular complexity index is 1220. The van der Waals surface area contributed by atoms with Gasteiger partial charge in [0.05, 0.1) is 0 Å². The van der Waals surface area contributed by atoms with Crippen LogP contribution >= 0.6 is 23.2 Å². The average molecular weight is 523 g/mol. The van der Waals surface area contributed by atoms with Gasteiger partial charge in [0.15, 0.2) is 0 Å². The highest BCUT2D eigenvalue weighted by atomic mass is 35.5. The van der Waals surface area contributed by atoms with Gasteiger partial charge < -0.3 is 10.0 Å². The molecule has 2 N–H and O–H groups in total. The molecule has 0 amide bonds. The molecular formula is C29H33BCl2N2O2. The van der Waals surface area contributed by atoms with Crippen LogP contribution in [0.5, 0.6) is 0 Å². The minimum Gasteiger partial charge on any atom is -0.423 e. The molecule has 0 spiro atoms. The molecule has 0 saturated carbocycles. The molecular weight excluding hydrogens is 490 g/mol. The van der Waals surface area contributed by atoms with E-state index < -0.39 is 7.12 Å². The summed E-state index contributed by atoms with van der Waals surface area (Å²) in [5.41, 5.74) is 11.0. The Morgan fingerprint density at radius 3 is 1.39 bits per heavy atom. The number of benzene rings is 2. The summed E-state index contributed by atoms with van der Waals surface area (Å²) in [6, 6.07) is 15.8. The van der Waals surface area contributed by atoms with Crippen LogP contribution in [0.15, 0.2) is 60.9 Å². The second-order valence-corrected chi connectivity index (χ2v) is 9.76.